The summed E-state index contributed by atoms with van der Waals surface area (Å²) in [5.74, 6) is -1.69. The molecule has 0 aliphatic carbocycles. The quantitative estimate of drug-likeness (QED) is 0.630. The maximum atomic E-state index is 13.2. The van der Waals surface area contributed by atoms with Crippen molar-refractivity contribution in [2.24, 2.45) is 0 Å². The van der Waals surface area contributed by atoms with Gasteiger partial charge in [-0.25, -0.2) is 14.8 Å². The number of anilines is 2. The first-order chi connectivity index (χ1) is 17.4. The fraction of sp³-hybridized carbons (Fsp3) is 0.417. The molecule has 13 heteroatoms. The van der Waals surface area contributed by atoms with Gasteiger partial charge in [-0.1, -0.05) is 6.07 Å². The summed E-state index contributed by atoms with van der Waals surface area (Å²) in [6, 6.07) is 10.5. The summed E-state index contributed by atoms with van der Waals surface area (Å²) in [4.78, 5) is 25.9. The highest BCUT2D eigenvalue weighted by atomic mass is 19.4. The van der Waals surface area contributed by atoms with Crippen LogP contribution in [0.5, 0.6) is 5.75 Å². The van der Waals surface area contributed by atoms with Gasteiger partial charge in [0.05, 0.1) is 0 Å². The Kier molecular flexibility index (Phi) is 6.26. The fourth-order valence-electron chi connectivity index (χ4n) is 4.68. The predicted molar refractivity (Wildman–Crippen MR) is 123 cm³/mol. The van der Waals surface area contributed by atoms with Crippen LogP contribution in [0.15, 0.2) is 48.5 Å². The summed E-state index contributed by atoms with van der Waals surface area (Å²) >= 11 is 0. The lowest BCUT2D eigenvalue weighted by Crippen LogP contribution is -2.59. The van der Waals surface area contributed by atoms with E-state index in [1.807, 2.05) is 13.8 Å². The van der Waals surface area contributed by atoms with Gasteiger partial charge >= 0.3 is 12.4 Å². The fourth-order valence-corrected chi connectivity index (χ4v) is 4.68. The van der Waals surface area contributed by atoms with Gasteiger partial charge in [-0.15, -0.1) is 13.2 Å². The second-order valence-corrected chi connectivity index (χ2v) is 9.35. The minimum absolute atomic E-state index is 0.229. The molecule has 0 spiro atoms. The van der Waals surface area contributed by atoms with Crippen LogP contribution >= 0.6 is 0 Å². The highest BCUT2D eigenvalue weighted by Gasteiger charge is 2.61. The number of nitrogens with zero attached hydrogens (tertiary/aromatic N) is 2. The third-order valence-electron chi connectivity index (χ3n) is 6.11. The molecule has 3 fully saturated rings. The summed E-state index contributed by atoms with van der Waals surface area (Å²) in [5.41, 5.74) is 0.862. The second kappa shape index (κ2) is 9.17. The highest BCUT2D eigenvalue weighted by Crippen LogP contribution is 2.42. The number of likely N-dealkylation sites (N-methyl/N-ethyl adjacent to an activating group) is 1. The number of hydrogen-bond acceptors (Lipinski definition) is 7. The molecule has 2 aromatic carbocycles. The zero-order valence-electron chi connectivity index (χ0n) is 20.1. The van der Waals surface area contributed by atoms with Gasteiger partial charge in [-0.3, -0.25) is 4.79 Å². The van der Waals surface area contributed by atoms with E-state index in [-0.39, 0.29) is 23.5 Å². The number of nitrogens with one attached hydrogen (secondary N) is 2. The molecule has 3 aliphatic heterocycles. The molecule has 0 unspecified atom stereocenters. The minimum atomic E-state index is -4.81. The summed E-state index contributed by atoms with van der Waals surface area (Å²) in [6.07, 6.45) is -6.44. The van der Waals surface area contributed by atoms with Crippen molar-refractivity contribution in [2.45, 2.75) is 50.5 Å². The minimum Gasteiger partial charge on any atom is -0.406 e. The Hall–Kier alpha value is -3.39. The van der Waals surface area contributed by atoms with Crippen molar-refractivity contribution < 1.29 is 41.7 Å². The number of fused-ring (bicyclic) bond motifs is 5. The van der Waals surface area contributed by atoms with Crippen LogP contribution in [-0.4, -0.2) is 72.2 Å². The van der Waals surface area contributed by atoms with Crippen LogP contribution in [0.4, 0.5) is 29.3 Å². The van der Waals surface area contributed by atoms with Gasteiger partial charge < -0.3 is 29.6 Å². The van der Waals surface area contributed by atoms with Crippen molar-refractivity contribution in [1.29, 1.82) is 0 Å². The van der Waals surface area contributed by atoms with Gasteiger partial charge in [0, 0.05) is 30.5 Å². The second-order valence-electron chi connectivity index (χ2n) is 9.35. The zero-order valence-corrected chi connectivity index (χ0v) is 20.1. The van der Waals surface area contributed by atoms with Crippen LogP contribution in [0.1, 0.15) is 24.2 Å². The smallest absolute Gasteiger partial charge is 0.406 e. The lowest BCUT2D eigenvalue weighted by Gasteiger charge is -2.42. The Labute approximate surface area is 210 Å². The molecular formula is C24H25F3N4O6. The zero-order chi connectivity index (χ0) is 26.5. The van der Waals surface area contributed by atoms with Crippen molar-refractivity contribution in [3.63, 3.8) is 0 Å². The van der Waals surface area contributed by atoms with Crippen molar-refractivity contribution in [3.05, 3.63) is 54.1 Å². The molecule has 0 saturated carbocycles. The van der Waals surface area contributed by atoms with Gasteiger partial charge in [0.2, 0.25) is 0 Å². The normalized spacial score (nSPS) is 26.5. The Morgan fingerprint density at radius 1 is 1.03 bits per heavy atom. The molecule has 37 heavy (non-hydrogen) atoms. The predicted octanol–water partition coefficient (Wildman–Crippen LogP) is 3.78. The van der Waals surface area contributed by atoms with E-state index in [0.717, 1.165) is 12.1 Å². The largest absolute Gasteiger partial charge is 0.573 e. The maximum absolute atomic E-state index is 13.2. The van der Waals surface area contributed by atoms with Crippen LogP contribution in [-0.2, 0) is 14.2 Å². The summed E-state index contributed by atoms with van der Waals surface area (Å²) in [7, 11) is 1.77. The SMILES string of the molecule is CN1C[C@H]2O[C@H]([C@@H]3OC(C)(C)O[C@@H]32)N1C(=O)Nc1cccc(C(=O)Nc2ccc(OC(F)(F)F)cc2)c1. The van der Waals surface area contributed by atoms with E-state index in [0.29, 0.717) is 12.2 Å². The number of rotatable bonds is 4. The lowest BCUT2D eigenvalue weighted by atomic mass is 10.1. The average Bonchev–Trinajstić information content (AvgIpc) is 3.26. The van der Waals surface area contributed by atoms with Crippen LogP contribution < -0.4 is 15.4 Å². The third kappa shape index (κ3) is 5.34. The Morgan fingerprint density at radius 3 is 2.43 bits per heavy atom. The number of urea groups is 1. The number of carbonyl (C=O) groups excluding carboxylic acids is 2. The monoisotopic (exact) mass is 522 g/mol. The Morgan fingerprint density at radius 2 is 1.73 bits per heavy atom. The molecule has 3 saturated heterocycles. The first-order valence-electron chi connectivity index (χ1n) is 11.5. The molecule has 3 heterocycles. The highest BCUT2D eigenvalue weighted by molar-refractivity contribution is 6.05. The van der Waals surface area contributed by atoms with Crippen LogP contribution in [0.2, 0.25) is 0 Å². The molecule has 5 rings (SSSR count). The molecular weight excluding hydrogens is 497 g/mol. The van der Waals surface area contributed by atoms with Crippen LogP contribution in [0, 0.1) is 0 Å². The van der Waals surface area contributed by atoms with E-state index in [9.17, 15) is 22.8 Å². The molecule has 3 amide bonds. The van der Waals surface area contributed by atoms with Gasteiger partial charge in [0.15, 0.2) is 12.0 Å². The van der Waals surface area contributed by atoms with E-state index < -0.39 is 42.2 Å². The van der Waals surface area contributed by atoms with Crippen LogP contribution in [0.3, 0.4) is 0 Å². The summed E-state index contributed by atoms with van der Waals surface area (Å²) in [5, 5.41) is 8.55. The number of halogens is 3. The molecule has 10 nitrogen and oxygen atoms in total. The van der Waals surface area contributed by atoms with Gasteiger partial charge in [0.1, 0.15) is 24.1 Å². The number of ether oxygens (including phenoxy) is 4. The number of amides is 3. The van der Waals surface area contributed by atoms with E-state index in [4.69, 9.17) is 14.2 Å². The molecule has 4 atom stereocenters. The van der Waals surface area contributed by atoms with E-state index in [1.54, 1.807) is 30.3 Å². The first-order valence-corrected chi connectivity index (χ1v) is 11.5. The molecule has 0 aromatic heterocycles. The van der Waals surface area contributed by atoms with Gasteiger partial charge in [-0.05, 0) is 56.3 Å². The number of carbonyl (C=O) groups is 2. The van der Waals surface area contributed by atoms with Gasteiger partial charge in [0.25, 0.3) is 5.91 Å². The topological polar surface area (TPSA) is 102 Å². The number of hydrazine groups is 1. The van der Waals surface area contributed by atoms with Crippen molar-refractivity contribution in [3.8, 4) is 5.75 Å². The maximum Gasteiger partial charge on any atom is 0.573 e. The summed E-state index contributed by atoms with van der Waals surface area (Å²) in [6.45, 7) is 4.06. The molecule has 198 valence electrons. The number of alkyl halides is 3. The molecule has 2 aromatic rings. The summed E-state index contributed by atoms with van der Waals surface area (Å²) < 4.78 is 58.8. The van der Waals surface area contributed by atoms with Crippen molar-refractivity contribution >= 4 is 23.3 Å². The van der Waals surface area contributed by atoms with Crippen molar-refractivity contribution in [2.75, 3.05) is 24.2 Å². The van der Waals surface area contributed by atoms with Crippen LogP contribution in [0.25, 0.3) is 0 Å². The third-order valence-corrected chi connectivity index (χ3v) is 6.11. The van der Waals surface area contributed by atoms with Crippen molar-refractivity contribution in [1.82, 2.24) is 10.0 Å². The first kappa shape index (κ1) is 25.3. The lowest BCUT2D eigenvalue weighted by molar-refractivity contribution is -0.274. The van der Waals surface area contributed by atoms with E-state index >= 15 is 0 Å². The molecule has 0 radical (unpaired) electrons. The molecule has 2 bridgehead atoms. The number of benzene rings is 2. The van der Waals surface area contributed by atoms with Gasteiger partial charge in [-0.2, -0.15) is 0 Å². The Balaban J connectivity index is 1.24. The van der Waals surface area contributed by atoms with E-state index in [2.05, 4.69) is 15.4 Å². The molecule has 3 aliphatic rings. The average molecular weight is 522 g/mol. The molecule has 2 N–H and O–H groups in total. The van der Waals surface area contributed by atoms with E-state index in [1.165, 1.54) is 23.2 Å². The standard InChI is InChI=1S/C24H25F3N4O6/c1-23(2)36-18-17-12-30(3)31(21(34-17)19(18)37-23)22(33)29-15-6-4-5-13(11-15)20(32)28-14-7-9-16(10-8-14)35-24(25,26)27/h4-11,17-19,21H,12H2,1-3H3,(H,28,32)(H,29,33)/t17-,18-,19-,21-/m1/s1. The Bertz CT molecular complexity index is 1190. The number of hydrogen-bond donors (Lipinski definition) is 2.